The van der Waals surface area contributed by atoms with Crippen LogP contribution in [0.1, 0.15) is 49.7 Å². The van der Waals surface area contributed by atoms with Gasteiger partial charge in [-0.15, -0.1) is 0 Å². The van der Waals surface area contributed by atoms with Crippen LogP contribution in [0.25, 0.3) is 0 Å². The molecule has 3 amide bonds. The molecule has 5 aliphatic rings. The summed E-state index contributed by atoms with van der Waals surface area (Å²) in [6.45, 7) is 0.447. The minimum Gasteiger partial charge on any atom is -0.468 e. The van der Waals surface area contributed by atoms with Crippen molar-refractivity contribution in [1.29, 1.82) is 0 Å². The van der Waals surface area contributed by atoms with Gasteiger partial charge in [0.05, 0.1) is 13.7 Å². The molecule has 4 fully saturated rings. The van der Waals surface area contributed by atoms with Crippen LogP contribution in [0, 0.1) is 17.8 Å². The Morgan fingerprint density at radius 1 is 1.03 bits per heavy atom. The van der Waals surface area contributed by atoms with E-state index in [1.165, 1.54) is 26.4 Å². The molecular weight excluding hydrogens is 394 g/mol. The van der Waals surface area contributed by atoms with Gasteiger partial charge in [-0.05, 0) is 73.8 Å². The molecular formula is C24H31N3O4. The summed E-state index contributed by atoms with van der Waals surface area (Å²) in [6.07, 6.45) is 7.50. The fourth-order valence-corrected chi connectivity index (χ4v) is 7.00. The van der Waals surface area contributed by atoms with Crippen LogP contribution in [0.2, 0.25) is 0 Å². The quantitative estimate of drug-likeness (QED) is 0.724. The molecule has 6 rings (SSSR count). The third-order valence-corrected chi connectivity index (χ3v) is 7.84. The van der Waals surface area contributed by atoms with E-state index in [2.05, 4.69) is 10.6 Å². The minimum atomic E-state index is -0.531. The first-order chi connectivity index (χ1) is 14.9. The number of imide groups is 1. The van der Waals surface area contributed by atoms with Crippen molar-refractivity contribution in [2.45, 2.75) is 63.1 Å². The summed E-state index contributed by atoms with van der Waals surface area (Å²) in [5.74, 6) is 1.40. The fraction of sp³-hybridized carbons (Fsp3) is 0.625. The number of amides is 3. The lowest BCUT2D eigenvalue weighted by Gasteiger charge is -2.56. The van der Waals surface area contributed by atoms with Crippen molar-refractivity contribution in [3.05, 3.63) is 35.4 Å². The maximum atomic E-state index is 12.7. The smallest absolute Gasteiger partial charge is 0.323 e. The van der Waals surface area contributed by atoms with E-state index < -0.39 is 18.0 Å². The lowest BCUT2D eigenvalue weighted by molar-refractivity contribution is -0.148. The topological polar surface area (TPSA) is 87.7 Å². The van der Waals surface area contributed by atoms with Crippen molar-refractivity contribution < 1.29 is 19.1 Å². The van der Waals surface area contributed by atoms with Crippen LogP contribution in [-0.4, -0.2) is 48.0 Å². The molecule has 1 aromatic rings. The molecule has 0 radical (unpaired) electrons. The fourth-order valence-electron chi connectivity index (χ4n) is 7.00. The van der Waals surface area contributed by atoms with E-state index >= 15 is 0 Å². The highest BCUT2D eigenvalue weighted by atomic mass is 16.5. The molecule has 31 heavy (non-hydrogen) atoms. The largest absolute Gasteiger partial charge is 0.468 e. The summed E-state index contributed by atoms with van der Waals surface area (Å²) in [5, 5.41) is 5.69. The number of nitrogens with one attached hydrogen (secondary N) is 2. The van der Waals surface area contributed by atoms with Gasteiger partial charge in [-0.25, -0.2) is 4.79 Å². The number of urea groups is 1. The normalized spacial score (nSPS) is 33.5. The number of ether oxygens (including phenoxy) is 1. The molecule has 1 heterocycles. The molecule has 166 valence electrons. The summed E-state index contributed by atoms with van der Waals surface area (Å²) in [7, 11) is 1.36. The maximum absolute atomic E-state index is 12.7. The van der Waals surface area contributed by atoms with E-state index in [1.807, 2.05) is 24.3 Å². The lowest BCUT2D eigenvalue weighted by Crippen LogP contribution is -2.62. The van der Waals surface area contributed by atoms with Gasteiger partial charge in [0.2, 0.25) is 5.91 Å². The van der Waals surface area contributed by atoms with Crippen molar-refractivity contribution in [2.75, 3.05) is 13.7 Å². The van der Waals surface area contributed by atoms with Gasteiger partial charge in [0.25, 0.3) is 0 Å². The van der Waals surface area contributed by atoms with Crippen LogP contribution in [-0.2, 0) is 27.3 Å². The zero-order valence-electron chi connectivity index (χ0n) is 18.1. The second-order valence-corrected chi connectivity index (χ2v) is 10.1. The number of rotatable bonds is 4. The molecule has 7 heteroatoms. The molecule has 4 bridgehead atoms. The number of hydrogen-bond donors (Lipinski definition) is 2. The van der Waals surface area contributed by atoms with Gasteiger partial charge >= 0.3 is 12.0 Å². The highest BCUT2D eigenvalue weighted by Gasteiger charge is 2.51. The van der Waals surface area contributed by atoms with Gasteiger partial charge in [-0.2, -0.15) is 0 Å². The Morgan fingerprint density at radius 3 is 2.26 bits per heavy atom. The second-order valence-electron chi connectivity index (χ2n) is 10.1. The van der Waals surface area contributed by atoms with Crippen LogP contribution in [0.3, 0.4) is 0 Å². The summed E-state index contributed by atoms with van der Waals surface area (Å²) in [4.78, 5) is 39.5. The molecule has 1 aliphatic heterocycles. The molecule has 0 aromatic heterocycles. The van der Waals surface area contributed by atoms with Crippen molar-refractivity contribution in [3.8, 4) is 0 Å². The standard InChI is InChI=1S/C24H31N3O4/c1-31-22(29)20-9-18-4-2-3-5-19(18)13-27(20)14-21(28)25-23(30)26-24-10-15-6-16(11-24)8-17(7-15)12-24/h2-5,15-17,20H,6-14H2,1H3,(H2,25,26,28,30)/t15?,16?,17?,20-,24?/m1/s1. The number of carbonyl (C=O) groups excluding carboxylic acids is 3. The van der Waals surface area contributed by atoms with Gasteiger partial charge in [0, 0.05) is 12.1 Å². The van der Waals surface area contributed by atoms with Crippen molar-refractivity contribution >= 4 is 17.9 Å². The molecule has 7 nitrogen and oxygen atoms in total. The minimum absolute atomic E-state index is 0.0254. The zero-order chi connectivity index (χ0) is 21.6. The lowest BCUT2D eigenvalue weighted by atomic mass is 9.53. The zero-order valence-corrected chi connectivity index (χ0v) is 18.1. The predicted molar refractivity (Wildman–Crippen MR) is 114 cm³/mol. The molecule has 1 aromatic carbocycles. The molecule has 2 N–H and O–H groups in total. The molecule has 4 aliphatic carbocycles. The molecule has 0 unspecified atom stereocenters. The average Bonchev–Trinajstić information content (AvgIpc) is 2.71. The highest BCUT2D eigenvalue weighted by Crippen LogP contribution is 2.55. The summed E-state index contributed by atoms with van der Waals surface area (Å²) < 4.78 is 4.96. The van der Waals surface area contributed by atoms with Crippen molar-refractivity contribution in [1.82, 2.24) is 15.5 Å². The summed E-state index contributed by atoms with van der Waals surface area (Å²) >= 11 is 0. The Bertz CT molecular complexity index is 863. The molecule has 1 atom stereocenters. The molecule has 4 saturated carbocycles. The Kier molecular flexibility index (Phi) is 5.24. The third-order valence-electron chi connectivity index (χ3n) is 7.84. The number of nitrogens with zero attached hydrogens (tertiary/aromatic N) is 1. The summed E-state index contributed by atoms with van der Waals surface area (Å²) in [5.41, 5.74) is 2.04. The van der Waals surface area contributed by atoms with E-state index in [0.717, 1.165) is 48.1 Å². The van der Waals surface area contributed by atoms with Crippen molar-refractivity contribution in [3.63, 3.8) is 0 Å². The number of benzene rings is 1. The van der Waals surface area contributed by atoms with E-state index in [9.17, 15) is 14.4 Å². The first-order valence-electron chi connectivity index (χ1n) is 11.4. The van der Waals surface area contributed by atoms with E-state index in [4.69, 9.17) is 4.74 Å². The monoisotopic (exact) mass is 425 g/mol. The Balaban J connectivity index is 1.21. The highest BCUT2D eigenvalue weighted by molar-refractivity contribution is 5.95. The third kappa shape index (κ3) is 4.07. The number of carbonyl (C=O) groups is 3. The Morgan fingerprint density at radius 2 is 1.65 bits per heavy atom. The number of hydrogen-bond acceptors (Lipinski definition) is 5. The van der Waals surface area contributed by atoms with E-state index in [0.29, 0.717) is 13.0 Å². The predicted octanol–water partition coefficient (Wildman–Crippen LogP) is 2.38. The van der Waals surface area contributed by atoms with Gasteiger partial charge in [-0.1, -0.05) is 24.3 Å². The molecule has 0 saturated heterocycles. The van der Waals surface area contributed by atoms with Crippen LogP contribution >= 0.6 is 0 Å². The molecule has 0 spiro atoms. The SMILES string of the molecule is COC(=O)[C@H]1Cc2ccccc2CN1CC(=O)NC(=O)NC12CC3CC(CC(C3)C1)C2. The Hall–Kier alpha value is -2.41. The maximum Gasteiger partial charge on any atom is 0.323 e. The van der Waals surface area contributed by atoms with Crippen LogP contribution in [0.15, 0.2) is 24.3 Å². The Labute approximate surface area is 182 Å². The number of fused-ring (bicyclic) bond motifs is 1. The first-order valence-corrected chi connectivity index (χ1v) is 11.4. The van der Waals surface area contributed by atoms with Gasteiger partial charge in [-0.3, -0.25) is 19.8 Å². The second kappa shape index (κ2) is 7.93. The van der Waals surface area contributed by atoms with Crippen LogP contribution in [0.4, 0.5) is 4.79 Å². The number of methoxy groups -OCH3 is 1. The van der Waals surface area contributed by atoms with Gasteiger partial charge in [0.1, 0.15) is 6.04 Å². The van der Waals surface area contributed by atoms with E-state index in [-0.39, 0.29) is 18.1 Å². The van der Waals surface area contributed by atoms with Crippen molar-refractivity contribution in [2.24, 2.45) is 17.8 Å². The average molecular weight is 426 g/mol. The summed E-state index contributed by atoms with van der Waals surface area (Å²) in [6, 6.07) is 6.98. The first kappa shape index (κ1) is 20.5. The van der Waals surface area contributed by atoms with Crippen LogP contribution < -0.4 is 10.6 Å². The van der Waals surface area contributed by atoms with Gasteiger partial charge < -0.3 is 10.1 Å². The number of esters is 1. The van der Waals surface area contributed by atoms with Gasteiger partial charge in [0.15, 0.2) is 0 Å². The van der Waals surface area contributed by atoms with Crippen LogP contribution in [0.5, 0.6) is 0 Å². The van der Waals surface area contributed by atoms with E-state index in [1.54, 1.807) is 4.90 Å².